The van der Waals surface area contributed by atoms with Crippen molar-refractivity contribution in [3.63, 3.8) is 0 Å². The van der Waals surface area contributed by atoms with Crippen LogP contribution in [0.25, 0.3) is 0 Å². The lowest BCUT2D eigenvalue weighted by Gasteiger charge is -2.46. The molecule has 2 heterocycles. The number of amides is 2. The second-order valence-corrected chi connectivity index (χ2v) is 11.8. The van der Waals surface area contributed by atoms with Gasteiger partial charge in [0.25, 0.3) is 11.7 Å². The molecule has 1 saturated heterocycles. The molecule has 15 heteroatoms. The molecule has 45 heavy (non-hydrogen) atoms. The van der Waals surface area contributed by atoms with Crippen LogP contribution in [0.15, 0.2) is 18.3 Å². The number of rotatable bonds is 12. The lowest BCUT2D eigenvalue weighted by Crippen LogP contribution is -2.68. The number of aliphatic hydroxyl groups excluding tert-OH is 3. The van der Waals surface area contributed by atoms with Crippen molar-refractivity contribution in [2.75, 3.05) is 13.2 Å². The molecule has 2 aromatic rings. The van der Waals surface area contributed by atoms with Gasteiger partial charge in [-0.25, -0.2) is 9.48 Å². The second-order valence-electron chi connectivity index (χ2n) is 11.8. The van der Waals surface area contributed by atoms with Crippen LogP contribution in [0.4, 0.5) is 0 Å². The molecule has 7 N–H and O–H groups in total. The van der Waals surface area contributed by atoms with Gasteiger partial charge >= 0.3 is 5.97 Å². The molecule has 15 nitrogen and oxygen atoms in total. The van der Waals surface area contributed by atoms with E-state index in [-0.39, 0.29) is 30.4 Å². The van der Waals surface area contributed by atoms with E-state index in [0.717, 1.165) is 31.4 Å². The predicted molar refractivity (Wildman–Crippen MR) is 157 cm³/mol. The second kappa shape index (κ2) is 14.6. The average Bonchev–Trinajstić information content (AvgIpc) is 3.47. The van der Waals surface area contributed by atoms with Gasteiger partial charge in [-0.2, -0.15) is 0 Å². The van der Waals surface area contributed by atoms with Crippen LogP contribution < -0.4 is 10.6 Å². The summed E-state index contributed by atoms with van der Waals surface area (Å²) in [4.78, 5) is 38.1. The summed E-state index contributed by atoms with van der Waals surface area (Å²) in [5.74, 6) is -4.84. The number of nitrogens with one attached hydrogen (secondary N) is 2. The molecule has 1 aliphatic carbocycles. The number of hydrogen-bond donors (Lipinski definition) is 7. The Kier molecular flexibility index (Phi) is 11.1. The highest BCUT2D eigenvalue weighted by Gasteiger charge is 2.55. The summed E-state index contributed by atoms with van der Waals surface area (Å²) < 4.78 is 12.5. The first kappa shape index (κ1) is 34.2. The number of aliphatic carboxylic acids is 1. The van der Waals surface area contributed by atoms with Crippen molar-refractivity contribution in [2.45, 2.75) is 108 Å². The third kappa shape index (κ3) is 7.97. The molecule has 1 aromatic carbocycles. The average molecular weight is 634 g/mol. The van der Waals surface area contributed by atoms with Crippen molar-refractivity contribution in [1.82, 2.24) is 25.6 Å². The van der Waals surface area contributed by atoms with Crippen molar-refractivity contribution in [2.24, 2.45) is 0 Å². The van der Waals surface area contributed by atoms with Gasteiger partial charge in [0.15, 0.2) is 0 Å². The van der Waals surface area contributed by atoms with Gasteiger partial charge in [-0.1, -0.05) is 24.5 Å². The van der Waals surface area contributed by atoms with Crippen LogP contribution in [0.2, 0.25) is 0 Å². The summed E-state index contributed by atoms with van der Waals surface area (Å²) in [6, 6.07) is 1.56. The van der Waals surface area contributed by atoms with Crippen LogP contribution in [0.5, 0.6) is 5.75 Å². The van der Waals surface area contributed by atoms with Gasteiger partial charge in [-0.05, 0) is 56.9 Å². The molecule has 1 aliphatic heterocycles. The van der Waals surface area contributed by atoms with E-state index in [0.29, 0.717) is 11.1 Å². The number of ether oxygens (including phenoxy) is 2. The van der Waals surface area contributed by atoms with Gasteiger partial charge in [0.2, 0.25) is 5.91 Å². The van der Waals surface area contributed by atoms with E-state index in [1.54, 1.807) is 20.0 Å². The van der Waals surface area contributed by atoms with Gasteiger partial charge in [0.05, 0.1) is 23.9 Å². The third-order valence-corrected chi connectivity index (χ3v) is 8.45. The summed E-state index contributed by atoms with van der Waals surface area (Å²) >= 11 is 0. The third-order valence-electron chi connectivity index (χ3n) is 8.45. The minimum atomic E-state index is -2.37. The first-order valence-electron chi connectivity index (χ1n) is 15.2. The number of carbonyl (C=O) groups is 3. The summed E-state index contributed by atoms with van der Waals surface area (Å²) in [7, 11) is 0. The zero-order chi connectivity index (χ0) is 32.9. The number of carboxylic acids is 1. The minimum Gasteiger partial charge on any atom is -0.507 e. The highest BCUT2D eigenvalue weighted by molar-refractivity contribution is 5.94. The fraction of sp³-hybridized carbons (Fsp3) is 0.633. The number of aliphatic hydroxyl groups is 3. The Balaban J connectivity index is 1.48. The van der Waals surface area contributed by atoms with Gasteiger partial charge in [-0.3, -0.25) is 9.59 Å². The summed E-state index contributed by atoms with van der Waals surface area (Å²) in [6.07, 6.45) is -0.341. The van der Waals surface area contributed by atoms with Crippen molar-refractivity contribution >= 4 is 17.8 Å². The quantitative estimate of drug-likeness (QED) is 0.167. The Labute approximate surface area is 260 Å². The molecule has 2 fully saturated rings. The molecule has 2 aliphatic rings. The minimum absolute atomic E-state index is 0.0489. The molecule has 0 radical (unpaired) electrons. The number of benzene rings is 1. The Morgan fingerprint density at radius 1 is 1.16 bits per heavy atom. The highest BCUT2D eigenvalue weighted by atomic mass is 16.7. The summed E-state index contributed by atoms with van der Waals surface area (Å²) in [5, 5.41) is 66.3. The number of aromatic nitrogens is 3. The molecule has 0 spiro atoms. The topological polar surface area (TPSA) is 226 Å². The molecule has 4 rings (SSSR count). The van der Waals surface area contributed by atoms with E-state index >= 15 is 0 Å². The van der Waals surface area contributed by atoms with Crippen LogP contribution in [-0.4, -0.2) is 108 Å². The molecule has 1 saturated carbocycles. The van der Waals surface area contributed by atoms with Gasteiger partial charge in [0, 0.05) is 37.3 Å². The standard InChI is InChI=1S/C30H43N5O10/c1-4-44-30(29(42)43)12-21(36)24(32-23(38)15-35-14-20(33-34-35)18-8-6-5-7-9-18)27(45-30)26(40)22(37)13-31-28(41)19-10-16(2)25(39)17(3)11-19/h10-11,14,18,21-22,24,26-27,36-37,39-40H,4-9,12-13,15H2,1-3H3,(H,31,41)(H,32,38)(H,42,43)/t21-,22-,24?,26-,27?,30-/m1/s1. The number of carbonyl (C=O) groups excluding carboxylic acids is 2. The number of hydrogen-bond acceptors (Lipinski definition) is 11. The fourth-order valence-electron chi connectivity index (χ4n) is 6.03. The zero-order valence-electron chi connectivity index (χ0n) is 25.7. The molecule has 2 amide bonds. The van der Waals surface area contributed by atoms with Crippen LogP contribution in [-0.2, 0) is 25.6 Å². The summed E-state index contributed by atoms with van der Waals surface area (Å²) in [5.41, 5.74) is 1.95. The van der Waals surface area contributed by atoms with E-state index in [9.17, 15) is 39.9 Å². The van der Waals surface area contributed by atoms with Crippen LogP contribution in [0.1, 0.15) is 78.5 Å². The normalized spacial score (nSPS) is 25.3. The molecular weight excluding hydrogens is 590 g/mol. The number of nitrogens with zero attached hydrogens (tertiary/aromatic N) is 3. The SMILES string of the molecule is CCO[C@]1(C(=O)O)C[C@@H](O)C(NC(=O)Cn2cc(C3CCCCC3)nn2)C([C@H](O)[C@H](O)CNC(=O)c2cc(C)c(O)c(C)c2)O1. The van der Waals surface area contributed by atoms with E-state index < -0.39 is 67.0 Å². The van der Waals surface area contributed by atoms with Crippen molar-refractivity contribution in [3.8, 4) is 5.75 Å². The molecule has 2 unspecified atom stereocenters. The predicted octanol–water partition coefficient (Wildman–Crippen LogP) is 0.252. The van der Waals surface area contributed by atoms with Gasteiger partial charge in [-0.15, -0.1) is 5.10 Å². The van der Waals surface area contributed by atoms with Gasteiger partial charge < -0.3 is 45.6 Å². The highest BCUT2D eigenvalue weighted by Crippen LogP contribution is 2.34. The van der Waals surface area contributed by atoms with Crippen molar-refractivity contribution < 1.29 is 49.4 Å². The number of carboxylic acid groups (broad SMARTS) is 1. The number of aryl methyl sites for hydroxylation is 2. The van der Waals surface area contributed by atoms with E-state index in [1.807, 2.05) is 0 Å². The Morgan fingerprint density at radius 2 is 1.82 bits per heavy atom. The monoisotopic (exact) mass is 633 g/mol. The van der Waals surface area contributed by atoms with Crippen LogP contribution in [0.3, 0.4) is 0 Å². The number of aromatic hydroxyl groups is 1. The maximum atomic E-state index is 13.1. The van der Waals surface area contributed by atoms with E-state index in [2.05, 4.69) is 20.9 Å². The van der Waals surface area contributed by atoms with E-state index in [1.165, 1.54) is 30.2 Å². The smallest absolute Gasteiger partial charge is 0.364 e. The van der Waals surface area contributed by atoms with Gasteiger partial charge in [0.1, 0.15) is 24.5 Å². The van der Waals surface area contributed by atoms with E-state index in [4.69, 9.17) is 9.47 Å². The number of phenolic OH excluding ortho intramolecular Hbond substituents is 1. The molecular formula is C30H43N5O10. The molecule has 0 bridgehead atoms. The lowest BCUT2D eigenvalue weighted by molar-refractivity contribution is -0.309. The Morgan fingerprint density at radius 3 is 2.44 bits per heavy atom. The molecule has 6 atom stereocenters. The van der Waals surface area contributed by atoms with Crippen molar-refractivity contribution in [3.05, 3.63) is 40.7 Å². The largest absolute Gasteiger partial charge is 0.507 e. The molecule has 248 valence electrons. The van der Waals surface area contributed by atoms with Crippen LogP contribution >= 0.6 is 0 Å². The summed E-state index contributed by atoms with van der Waals surface area (Å²) in [6.45, 7) is 3.90. The Hall–Kier alpha value is -3.63. The lowest BCUT2D eigenvalue weighted by atomic mass is 9.87. The van der Waals surface area contributed by atoms with Crippen LogP contribution in [0, 0.1) is 13.8 Å². The maximum absolute atomic E-state index is 13.1. The first-order chi connectivity index (χ1) is 21.3. The molecule has 1 aromatic heterocycles. The fourth-order valence-corrected chi connectivity index (χ4v) is 6.03. The maximum Gasteiger partial charge on any atom is 0.364 e. The zero-order valence-corrected chi connectivity index (χ0v) is 25.7. The Bertz CT molecular complexity index is 1340. The van der Waals surface area contributed by atoms with Crippen molar-refractivity contribution in [1.29, 1.82) is 0 Å². The number of phenols is 1. The first-order valence-corrected chi connectivity index (χ1v) is 15.2.